The SMILES string of the molecule is Cl.Cl.NC1CCc2ncccc2C1=O. The van der Waals surface area contributed by atoms with Gasteiger partial charge < -0.3 is 5.73 Å². The highest BCUT2D eigenvalue weighted by Crippen LogP contribution is 2.17. The van der Waals surface area contributed by atoms with E-state index < -0.39 is 0 Å². The molecule has 5 heteroatoms. The summed E-state index contributed by atoms with van der Waals surface area (Å²) in [5, 5.41) is 0. The standard InChI is InChI=1S/C9H10N2O.2ClH/c10-7-3-4-8-6(9(7)12)2-1-5-11-8;;/h1-2,5,7H,3-4,10H2;2*1H. The van der Waals surface area contributed by atoms with Gasteiger partial charge in [-0.1, -0.05) is 0 Å². The van der Waals surface area contributed by atoms with Gasteiger partial charge in [0, 0.05) is 11.8 Å². The number of ketones is 1. The van der Waals surface area contributed by atoms with E-state index in [2.05, 4.69) is 4.98 Å². The first-order valence-corrected chi connectivity index (χ1v) is 4.03. The Bertz CT molecular complexity index is 330. The van der Waals surface area contributed by atoms with Crippen LogP contribution in [0.25, 0.3) is 0 Å². The third-order valence-corrected chi connectivity index (χ3v) is 2.18. The Hall–Kier alpha value is -0.640. The first kappa shape index (κ1) is 13.4. The Kier molecular flexibility index (Phi) is 5.05. The number of hydrogen-bond donors (Lipinski definition) is 1. The van der Waals surface area contributed by atoms with Gasteiger partial charge in [0.05, 0.1) is 11.7 Å². The summed E-state index contributed by atoms with van der Waals surface area (Å²) in [6.07, 6.45) is 3.26. The number of pyridine rings is 1. The van der Waals surface area contributed by atoms with E-state index in [9.17, 15) is 4.79 Å². The summed E-state index contributed by atoms with van der Waals surface area (Å²) in [7, 11) is 0. The van der Waals surface area contributed by atoms with Gasteiger partial charge in [0.1, 0.15) is 0 Å². The molecule has 0 aliphatic heterocycles. The molecule has 0 spiro atoms. The second-order valence-corrected chi connectivity index (χ2v) is 3.01. The van der Waals surface area contributed by atoms with Crippen molar-refractivity contribution in [2.75, 3.05) is 0 Å². The molecular weight excluding hydrogens is 223 g/mol. The maximum atomic E-state index is 11.5. The van der Waals surface area contributed by atoms with E-state index in [4.69, 9.17) is 5.73 Å². The first-order chi connectivity index (χ1) is 5.79. The number of Topliss-reactive ketones (excluding diaryl/α,β-unsaturated/α-hetero) is 1. The summed E-state index contributed by atoms with van der Waals surface area (Å²) < 4.78 is 0. The molecule has 1 aliphatic carbocycles. The van der Waals surface area contributed by atoms with E-state index in [0.717, 1.165) is 18.5 Å². The molecule has 1 heterocycles. The van der Waals surface area contributed by atoms with E-state index in [-0.39, 0.29) is 36.6 Å². The number of aryl methyl sites for hydroxylation is 1. The molecule has 1 aliphatic rings. The molecule has 1 unspecified atom stereocenters. The van der Waals surface area contributed by atoms with Crippen LogP contribution in [0.4, 0.5) is 0 Å². The molecule has 14 heavy (non-hydrogen) atoms. The van der Waals surface area contributed by atoms with Gasteiger partial charge in [0.15, 0.2) is 5.78 Å². The lowest BCUT2D eigenvalue weighted by Gasteiger charge is -2.18. The normalized spacial score (nSPS) is 18.9. The van der Waals surface area contributed by atoms with Crippen molar-refractivity contribution < 1.29 is 4.79 Å². The van der Waals surface area contributed by atoms with Crippen molar-refractivity contribution in [3.63, 3.8) is 0 Å². The van der Waals surface area contributed by atoms with Gasteiger partial charge in [0.2, 0.25) is 0 Å². The maximum absolute atomic E-state index is 11.5. The summed E-state index contributed by atoms with van der Waals surface area (Å²) in [5.41, 5.74) is 7.21. The molecular formula is C9H12Cl2N2O. The van der Waals surface area contributed by atoms with Crippen LogP contribution >= 0.6 is 24.8 Å². The molecule has 0 fully saturated rings. The van der Waals surface area contributed by atoms with Crippen LogP contribution in [0.1, 0.15) is 22.5 Å². The number of aromatic nitrogens is 1. The quantitative estimate of drug-likeness (QED) is 0.739. The Morgan fingerprint density at radius 2 is 2.14 bits per heavy atom. The van der Waals surface area contributed by atoms with Crippen LogP contribution in [0.5, 0.6) is 0 Å². The number of hydrogen-bond acceptors (Lipinski definition) is 3. The molecule has 78 valence electrons. The van der Waals surface area contributed by atoms with Crippen LogP contribution in [-0.2, 0) is 6.42 Å². The van der Waals surface area contributed by atoms with E-state index in [0.29, 0.717) is 5.56 Å². The minimum absolute atomic E-state index is 0. The molecule has 0 bridgehead atoms. The van der Waals surface area contributed by atoms with Crippen LogP contribution in [0.2, 0.25) is 0 Å². The molecule has 0 saturated heterocycles. The smallest absolute Gasteiger partial charge is 0.181 e. The highest BCUT2D eigenvalue weighted by atomic mass is 35.5. The molecule has 0 radical (unpaired) electrons. The molecule has 2 N–H and O–H groups in total. The van der Waals surface area contributed by atoms with E-state index in [1.165, 1.54) is 0 Å². The number of halogens is 2. The highest BCUT2D eigenvalue weighted by molar-refractivity contribution is 6.01. The predicted molar refractivity (Wildman–Crippen MR) is 59.4 cm³/mol. The number of carbonyl (C=O) groups excluding carboxylic acids is 1. The Morgan fingerprint density at radius 1 is 1.43 bits per heavy atom. The second-order valence-electron chi connectivity index (χ2n) is 3.01. The van der Waals surface area contributed by atoms with E-state index >= 15 is 0 Å². The van der Waals surface area contributed by atoms with Crippen molar-refractivity contribution in [3.05, 3.63) is 29.6 Å². The lowest BCUT2D eigenvalue weighted by atomic mass is 9.91. The van der Waals surface area contributed by atoms with Gasteiger partial charge in [-0.3, -0.25) is 9.78 Å². The molecule has 0 aromatic carbocycles. The second kappa shape index (κ2) is 5.29. The Morgan fingerprint density at radius 3 is 2.86 bits per heavy atom. The molecule has 3 nitrogen and oxygen atoms in total. The third-order valence-electron chi connectivity index (χ3n) is 2.18. The van der Waals surface area contributed by atoms with Gasteiger partial charge in [0.25, 0.3) is 0 Å². The number of rotatable bonds is 0. The minimum Gasteiger partial charge on any atom is -0.321 e. The van der Waals surface area contributed by atoms with Crippen LogP contribution in [0.15, 0.2) is 18.3 Å². The zero-order valence-electron chi connectivity index (χ0n) is 7.47. The summed E-state index contributed by atoms with van der Waals surface area (Å²) >= 11 is 0. The van der Waals surface area contributed by atoms with Crippen molar-refractivity contribution in [2.45, 2.75) is 18.9 Å². The van der Waals surface area contributed by atoms with Gasteiger partial charge in [-0.2, -0.15) is 0 Å². The van der Waals surface area contributed by atoms with Crippen molar-refractivity contribution >= 4 is 30.6 Å². The van der Waals surface area contributed by atoms with Crippen molar-refractivity contribution in [2.24, 2.45) is 5.73 Å². The molecule has 0 amide bonds. The molecule has 1 aromatic rings. The lowest BCUT2D eigenvalue weighted by Crippen LogP contribution is -2.35. The average molecular weight is 235 g/mol. The van der Waals surface area contributed by atoms with Gasteiger partial charge in [-0.05, 0) is 25.0 Å². The molecule has 2 rings (SSSR count). The average Bonchev–Trinajstić information content (AvgIpc) is 2.12. The largest absolute Gasteiger partial charge is 0.321 e. The van der Waals surface area contributed by atoms with Crippen LogP contribution in [-0.4, -0.2) is 16.8 Å². The van der Waals surface area contributed by atoms with Gasteiger partial charge in [-0.25, -0.2) is 0 Å². The number of nitrogens with two attached hydrogens (primary N) is 1. The summed E-state index contributed by atoms with van der Waals surface area (Å²) in [5.74, 6) is 0.0318. The van der Waals surface area contributed by atoms with Gasteiger partial charge >= 0.3 is 0 Å². The van der Waals surface area contributed by atoms with Crippen LogP contribution < -0.4 is 5.73 Å². The first-order valence-electron chi connectivity index (χ1n) is 4.03. The molecule has 1 atom stereocenters. The summed E-state index contributed by atoms with van der Waals surface area (Å²) in [6, 6.07) is 3.25. The van der Waals surface area contributed by atoms with E-state index in [1.54, 1.807) is 18.3 Å². The topological polar surface area (TPSA) is 56.0 Å². The Labute approximate surface area is 94.9 Å². The van der Waals surface area contributed by atoms with Crippen LogP contribution in [0, 0.1) is 0 Å². The number of fused-ring (bicyclic) bond motifs is 1. The third kappa shape index (κ3) is 2.23. The molecule has 1 aromatic heterocycles. The van der Waals surface area contributed by atoms with Crippen molar-refractivity contribution in [3.8, 4) is 0 Å². The number of carbonyl (C=O) groups is 1. The zero-order valence-corrected chi connectivity index (χ0v) is 9.11. The van der Waals surface area contributed by atoms with E-state index in [1.807, 2.05) is 0 Å². The number of nitrogens with zero attached hydrogens (tertiary/aromatic N) is 1. The minimum atomic E-state index is -0.318. The van der Waals surface area contributed by atoms with Crippen molar-refractivity contribution in [1.82, 2.24) is 4.98 Å². The monoisotopic (exact) mass is 234 g/mol. The van der Waals surface area contributed by atoms with Crippen LogP contribution in [0.3, 0.4) is 0 Å². The molecule has 0 saturated carbocycles. The Balaban J connectivity index is 0.000000845. The summed E-state index contributed by atoms with van der Waals surface area (Å²) in [6.45, 7) is 0. The summed E-state index contributed by atoms with van der Waals surface area (Å²) in [4.78, 5) is 15.6. The predicted octanol–water partition coefficient (Wildman–Crippen LogP) is 1.38. The fourth-order valence-corrected chi connectivity index (χ4v) is 1.48. The van der Waals surface area contributed by atoms with Gasteiger partial charge in [-0.15, -0.1) is 24.8 Å². The fraction of sp³-hybridized carbons (Fsp3) is 0.333. The fourth-order valence-electron chi connectivity index (χ4n) is 1.48. The maximum Gasteiger partial charge on any atom is 0.181 e. The lowest BCUT2D eigenvalue weighted by molar-refractivity contribution is 0.0947. The zero-order chi connectivity index (χ0) is 8.55. The highest BCUT2D eigenvalue weighted by Gasteiger charge is 2.24. The van der Waals surface area contributed by atoms with Crippen molar-refractivity contribution in [1.29, 1.82) is 0 Å².